The summed E-state index contributed by atoms with van der Waals surface area (Å²) in [5, 5.41) is 0. The first-order valence-electron chi connectivity index (χ1n) is 7.12. The molecule has 1 atom stereocenters. The van der Waals surface area contributed by atoms with Crippen LogP contribution in [-0.2, 0) is 14.8 Å². The summed E-state index contributed by atoms with van der Waals surface area (Å²) in [6.07, 6.45) is 1.81. The Morgan fingerprint density at radius 2 is 2.10 bits per heavy atom. The lowest BCUT2D eigenvalue weighted by molar-refractivity contribution is 0.184. The minimum Gasteiger partial charge on any atom is -0.492 e. The Morgan fingerprint density at radius 3 is 2.71 bits per heavy atom. The summed E-state index contributed by atoms with van der Waals surface area (Å²) in [6.45, 7) is 2.78. The van der Waals surface area contributed by atoms with Crippen LogP contribution in [0.1, 0.15) is 12.8 Å². The Labute approximate surface area is 125 Å². The molecule has 1 aromatic carbocycles. The number of sulfonamides is 1. The Balaban J connectivity index is 1.85. The SMILES string of the molecule is NCCOc1ccc(S(=O)(=O)NCCC2CCOC2)cc1. The smallest absolute Gasteiger partial charge is 0.240 e. The van der Waals surface area contributed by atoms with Gasteiger partial charge in [-0.25, -0.2) is 13.1 Å². The van der Waals surface area contributed by atoms with Crippen molar-refractivity contribution in [1.29, 1.82) is 0 Å². The van der Waals surface area contributed by atoms with Gasteiger partial charge in [0.15, 0.2) is 0 Å². The van der Waals surface area contributed by atoms with Gasteiger partial charge in [0.2, 0.25) is 10.0 Å². The molecule has 1 aliphatic heterocycles. The van der Waals surface area contributed by atoms with Gasteiger partial charge in [0.25, 0.3) is 0 Å². The van der Waals surface area contributed by atoms with Gasteiger partial charge in [-0.3, -0.25) is 0 Å². The fourth-order valence-corrected chi connectivity index (χ4v) is 3.23. The number of benzene rings is 1. The Morgan fingerprint density at radius 1 is 1.33 bits per heavy atom. The highest BCUT2D eigenvalue weighted by atomic mass is 32.2. The van der Waals surface area contributed by atoms with E-state index in [1.807, 2.05) is 0 Å². The van der Waals surface area contributed by atoms with E-state index in [9.17, 15) is 8.42 Å². The number of rotatable bonds is 8. The average molecular weight is 314 g/mol. The highest BCUT2D eigenvalue weighted by Gasteiger charge is 2.18. The number of nitrogens with one attached hydrogen (secondary N) is 1. The van der Waals surface area contributed by atoms with Crippen molar-refractivity contribution in [2.45, 2.75) is 17.7 Å². The molecule has 21 heavy (non-hydrogen) atoms. The molecule has 0 spiro atoms. The molecule has 1 fully saturated rings. The molecule has 0 aliphatic carbocycles. The summed E-state index contributed by atoms with van der Waals surface area (Å²) in [5.74, 6) is 1.07. The molecule has 1 saturated heterocycles. The lowest BCUT2D eigenvalue weighted by atomic mass is 10.1. The molecule has 0 saturated carbocycles. The number of ether oxygens (including phenoxy) is 2. The van der Waals surface area contributed by atoms with Crippen LogP contribution in [0.4, 0.5) is 0 Å². The molecule has 0 bridgehead atoms. The second-order valence-corrected chi connectivity index (χ2v) is 6.79. The van der Waals surface area contributed by atoms with Crippen LogP contribution in [0.15, 0.2) is 29.2 Å². The van der Waals surface area contributed by atoms with E-state index in [0.29, 0.717) is 31.4 Å². The lowest BCUT2D eigenvalue weighted by Gasteiger charge is -2.10. The predicted molar refractivity (Wildman–Crippen MR) is 79.7 cm³/mol. The van der Waals surface area contributed by atoms with E-state index in [1.54, 1.807) is 12.1 Å². The highest BCUT2D eigenvalue weighted by Crippen LogP contribution is 2.17. The van der Waals surface area contributed by atoms with Gasteiger partial charge in [0.1, 0.15) is 12.4 Å². The van der Waals surface area contributed by atoms with Crippen molar-refractivity contribution in [1.82, 2.24) is 4.72 Å². The Hall–Kier alpha value is -1.15. The van der Waals surface area contributed by atoms with Crippen LogP contribution < -0.4 is 15.2 Å². The molecule has 0 amide bonds. The minimum absolute atomic E-state index is 0.241. The molecule has 1 aromatic rings. The van der Waals surface area contributed by atoms with E-state index in [0.717, 1.165) is 26.1 Å². The third-order valence-electron chi connectivity index (χ3n) is 3.39. The average Bonchev–Trinajstić information content (AvgIpc) is 2.98. The molecular weight excluding hydrogens is 292 g/mol. The summed E-state index contributed by atoms with van der Waals surface area (Å²) >= 11 is 0. The van der Waals surface area contributed by atoms with E-state index in [4.69, 9.17) is 15.2 Å². The predicted octanol–water partition coefficient (Wildman–Crippen LogP) is 0.729. The zero-order valence-electron chi connectivity index (χ0n) is 12.0. The highest BCUT2D eigenvalue weighted by molar-refractivity contribution is 7.89. The van der Waals surface area contributed by atoms with E-state index in [2.05, 4.69) is 4.72 Å². The molecule has 3 N–H and O–H groups in total. The molecule has 0 aromatic heterocycles. The molecule has 1 aliphatic rings. The van der Waals surface area contributed by atoms with Crippen molar-refractivity contribution in [3.8, 4) is 5.75 Å². The third kappa shape index (κ3) is 4.96. The van der Waals surface area contributed by atoms with Crippen LogP contribution >= 0.6 is 0 Å². The first-order valence-corrected chi connectivity index (χ1v) is 8.60. The van der Waals surface area contributed by atoms with Crippen LogP contribution in [0, 0.1) is 5.92 Å². The van der Waals surface area contributed by atoms with Gasteiger partial charge in [-0.1, -0.05) is 0 Å². The Kier molecular flexibility index (Phi) is 5.98. The van der Waals surface area contributed by atoms with Crippen molar-refractivity contribution in [2.24, 2.45) is 11.7 Å². The largest absolute Gasteiger partial charge is 0.492 e. The maximum absolute atomic E-state index is 12.1. The molecule has 1 heterocycles. The van der Waals surface area contributed by atoms with Gasteiger partial charge in [-0.2, -0.15) is 0 Å². The number of hydrogen-bond donors (Lipinski definition) is 2. The maximum atomic E-state index is 12.1. The summed E-state index contributed by atoms with van der Waals surface area (Å²) in [5.41, 5.74) is 5.34. The summed E-state index contributed by atoms with van der Waals surface area (Å²) in [4.78, 5) is 0.241. The third-order valence-corrected chi connectivity index (χ3v) is 4.87. The van der Waals surface area contributed by atoms with E-state index >= 15 is 0 Å². The van der Waals surface area contributed by atoms with Gasteiger partial charge in [-0.15, -0.1) is 0 Å². The topological polar surface area (TPSA) is 90.7 Å². The number of hydrogen-bond acceptors (Lipinski definition) is 5. The zero-order chi connectivity index (χ0) is 15.1. The molecule has 118 valence electrons. The van der Waals surface area contributed by atoms with Crippen LogP contribution in [0.2, 0.25) is 0 Å². The quantitative estimate of drug-likeness (QED) is 0.738. The van der Waals surface area contributed by atoms with Crippen LogP contribution in [0.3, 0.4) is 0 Å². The van der Waals surface area contributed by atoms with Crippen molar-refractivity contribution in [3.63, 3.8) is 0 Å². The van der Waals surface area contributed by atoms with Crippen molar-refractivity contribution in [2.75, 3.05) is 32.9 Å². The zero-order valence-corrected chi connectivity index (χ0v) is 12.8. The second-order valence-electron chi connectivity index (χ2n) is 5.02. The van der Waals surface area contributed by atoms with Gasteiger partial charge in [0, 0.05) is 26.3 Å². The van der Waals surface area contributed by atoms with Crippen LogP contribution in [0.5, 0.6) is 5.75 Å². The second kappa shape index (κ2) is 7.74. The van der Waals surface area contributed by atoms with E-state index in [-0.39, 0.29) is 4.90 Å². The summed E-state index contributed by atoms with van der Waals surface area (Å²) in [7, 11) is -3.46. The first kappa shape index (κ1) is 16.2. The molecule has 6 nitrogen and oxygen atoms in total. The minimum atomic E-state index is -3.46. The first-order chi connectivity index (χ1) is 10.1. The summed E-state index contributed by atoms with van der Waals surface area (Å²) in [6, 6.07) is 6.34. The molecular formula is C14H22N2O4S. The maximum Gasteiger partial charge on any atom is 0.240 e. The molecule has 1 unspecified atom stereocenters. The Bertz CT molecular complexity index is 524. The van der Waals surface area contributed by atoms with Crippen LogP contribution in [0.25, 0.3) is 0 Å². The van der Waals surface area contributed by atoms with E-state index < -0.39 is 10.0 Å². The monoisotopic (exact) mass is 314 g/mol. The van der Waals surface area contributed by atoms with Crippen molar-refractivity contribution < 1.29 is 17.9 Å². The fourth-order valence-electron chi connectivity index (χ4n) is 2.18. The van der Waals surface area contributed by atoms with E-state index in [1.165, 1.54) is 12.1 Å². The molecule has 2 rings (SSSR count). The molecule has 7 heteroatoms. The lowest BCUT2D eigenvalue weighted by Crippen LogP contribution is -2.26. The fraction of sp³-hybridized carbons (Fsp3) is 0.571. The number of nitrogens with two attached hydrogens (primary N) is 1. The van der Waals surface area contributed by atoms with Gasteiger partial charge < -0.3 is 15.2 Å². The van der Waals surface area contributed by atoms with Crippen molar-refractivity contribution in [3.05, 3.63) is 24.3 Å². The van der Waals surface area contributed by atoms with Gasteiger partial charge in [0.05, 0.1) is 4.90 Å². The van der Waals surface area contributed by atoms with Crippen molar-refractivity contribution >= 4 is 10.0 Å². The molecule has 0 radical (unpaired) electrons. The normalized spacial score (nSPS) is 18.8. The summed E-state index contributed by atoms with van der Waals surface area (Å²) < 4.78 is 37.5. The standard InChI is InChI=1S/C14H22N2O4S/c15-7-10-20-13-1-3-14(4-2-13)21(17,18)16-8-5-12-6-9-19-11-12/h1-4,12,16H,5-11,15H2. The van der Waals surface area contributed by atoms with Gasteiger partial charge in [-0.05, 0) is 43.0 Å². The van der Waals surface area contributed by atoms with Gasteiger partial charge >= 0.3 is 0 Å². The van der Waals surface area contributed by atoms with Crippen LogP contribution in [-0.4, -0.2) is 41.3 Å².